The van der Waals surface area contributed by atoms with Crippen LogP contribution in [-0.4, -0.2) is 62.1 Å². The molecular formula is C34H34F2N4O4. The third kappa shape index (κ3) is 8.85. The number of rotatable bonds is 12. The molecule has 0 aromatic heterocycles. The topological polar surface area (TPSA) is 83.1 Å². The van der Waals surface area contributed by atoms with Gasteiger partial charge in [0.1, 0.15) is 29.2 Å². The number of nitrogens with one attached hydrogen (secondary N) is 2. The van der Waals surface area contributed by atoms with Gasteiger partial charge in [0.05, 0.1) is 25.4 Å². The molecule has 8 nitrogen and oxygen atoms in total. The number of halogens is 2. The van der Waals surface area contributed by atoms with E-state index in [0.717, 1.165) is 5.56 Å². The fraction of sp³-hybridized carbons (Fsp3) is 0.235. The highest BCUT2D eigenvalue weighted by molar-refractivity contribution is 5.97. The normalized spacial score (nSPS) is 14.1. The fourth-order valence-electron chi connectivity index (χ4n) is 4.82. The molecule has 1 fully saturated rings. The molecule has 44 heavy (non-hydrogen) atoms. The summed E-state index contributed by atoms with van der Waals surface area (Å²) in [5.41, 5.74) is 2.01. The lowest BCUT2D eigenvalue weighted by molar-refractivity contribution is -0.128. The summed E-state index contributed by atoms with van der Waals surface area (Å²) in [6.07, 6.45) is 0. The van der Waals surface area contributed by atoms with Gasteiger partial charge in [-0.1, -0.05) is 42.5 Å². The van der Waals surface area contributed by atoms with Gasteiger partial charge in [-0.25, -0.2) is 8.78 Å². The second kappa shape index (κ2) is 15.1. The monoisotopic (exact) mass is 600 g/mol. The van der Waals surface area contributed by atoms with Crippen molar-refractivity contribution in [2.24, 2.45) is 0 Å². The molecule has 1 unspecified atom stereocenters. The summed E-state index contributed by atoms with van der Waals surface area (Å²) in [5, 5.41) is 5.66. The van der Waals surface area contributed by atoms with Gasteiger partial charge < -0.3 is 25.0 Å². The Balaban J connectivity index is 1.16. The van der Waals surface area contributed by atoms with Crippen molar-refractivity contribution in [2.75, 3.05) is 49.5 Å². The number of para-hydroxylation sites is 1. The molecule has 0 spiro atoms. The van der Waals surface area contributed by atoms with Crippen molar-refractivity contribution in [2.45, 2.75) is 12.6 Å². The zero-order valence-electron chi connectivity index (χ0n) is 24.1. The van der Waals surface area contributed by atoms with E-state index >= 15 is 0 Å². The standard InChI is InChI=1S/C34H34F2N4O4/c35-26-10-14-28(15-11-26)44-29-16-12-27(13-17-29)37-34(42)31(24-43-23-25-6-2-1-3-7-25)38-33(41)22-39-18-20-40(21-19-39)32-9-5-4-8-30(32)36/h1-17,31H,18-24H2,(H,37,42)(H,38,41). The Kier molecular flexibility index (Phi) is 10.5. The molecule has 1 atom stereocenters. The number of amides is 2. The third-order valence-electron chi connectivity index (χ3n) is 7.15. The highest BCUT2D eigenvalue weighted by atomic mass is 19.1. The molecule has 2 amide bonds. The number of carbonyl (C=O) groups excluding carboxylic acids is 2. The molecule has 228 valence electrons. The minimum Gasteiger partial charge on any atom is -0.457 e. The Labute approximate surface area is 255 Å². The molecule has 0 saturated carbocycles. The maximum atomic E-state index is 14.2. The third-order valence-corrected chi connectivity index (χ3v) is 7.15. The molecule has 0 aliphatic carbocycles. The first-order chi connectivity index (χ1) is 21.4. The summed E-state index contributed by atoms with van der Waals surface area (Å²) in [4.78, 5) is 30.3. The first-order valence-electron chi connectivity index (χ1n) is 14.4. The van der Waals surface area contributed by atoms with Crippen LogP contribution in [0.25, 0.3) is 0 Å². The number of carbonyl (C=O) groups is 2. The van der Waals surface area contributed by atoms with Crippen LogP contribution < -0.4 is 20.3 Å². The van der Waals surface area contributed by atoms with Crippen LogP contribution >= 0.6 is 0 Å². The number of nitrogens with zero attached hydrogens (tertiary/aromatic N) is 2. The first-order valence-corrected chi connectivity index (χ1v) is 14.4. The zero-order chi connectivity index (χ0) is 30.7. The van der Waals surface area contributed by atoms with E-state index < -0.39 is 11.9 Å². The number of benzene rings is 4. The smallest absolute Gasteiger partial charge is 0.249 e. The summed E-state index contributed by atoms with van der Waals surface area (Å²) >= 11 is 0. The Bertz CT molecular complexity index is 1510. The molecule has 1 heterocycles. The van der Waals surface area contributed by atoms with Gasteiger partial charge in [0.2, 0.25) is 11.8 Å². The van der Waals surface area contributed by atoms with Gasteiger partial charge in [-0.2, -0.15) is 0 Å². The highest BCUT2D eigenvalue weighted by Gasteiger charge is 2.25. The maximum Gasteiger partial charge on any atom is 0.249 e. The fourth-order valence-corrected chi connectivity index (χ4v) is 4.82. The van der Waals surface area contributed by atoms with Gasteiger partial charge in [0, 0.05) is 31.9 Å². The highest BCUT2D eigenvalue weighted by Crippen LogP contribution is 2.23. The molecule has 1 aliphatic rings. The van der Waals surface area contributed by atoms with E-state index in [-0.39, 0.29) is 37.3 Å². The largest absolute Gasteiger partial charge is 0.457 e. The maximum absolute atomic E-state index is 14.2. The Hall–Kier alpha value is -4.80. The lowest BCUT2D eigenvalue weighted by Crippen LogP contribution is -2.53. The molecule has 1 aliphatic heterocycles. The minimum absolute atomic E-state index is 0.0285. The lowest BCUT2D eigenvalue weighted by Gasteiger charge is -2.36. The van der Waals surface area contributed by atoms with Gasteiger partial charge in [-0.05, 0) is 66.2 Å². The Morgan fingerprint density at radius 2 is 1.41 bits per heavy atom. The van der Waals surface area contributed by atoms with Crippen molar-refractivity contribution in [3.8, 4) is 11.5 Å². The summed E-state index contributed by atoms with van der Waals surface area (Å²) in [5.74, 6) is -0.361. The van der Waals surface area contributed by atoms with Crippen molar-refractivity contribution in [3.63, 3.8) is 0 Å². The van der Waals surface area contributed by atoms with Gasteiger partial charge >= 0.3 is 0 Å². The van der Waals surface area contributed by atoms with Crippen LogP contribution in [0.1, 0.15) is 5.56 Å². The number of anilines is 2. The van der Waals surface area contributed by atoms with E-state index in [9.17, 15) is 18.4 Å². The van der Waals surface area contributed by atoms with E-state index in [1.165, 1.54) is 30.3 Å². The van der Waals surface area contributed by atoms with Crippen molar-refractivity contribution >= 4 is 23.2 Å². The second-order valence-electron chi connectivity index (χ2n) is 10.4. The van der Waals surface area contributed by atoms with Crippen molar-refractivity contribution in [1.29, 1.82) is 0 Å². The minimum atomic E-state index is -0.943. The van der Waals surface area contributed by atoms with Crippen molar-refractivity contribution < 1.29 is 27.8 Å². The van der Waals surface area contributed by atoms with Crippen LogP contribution in [0, 0.1) is 11.6 Å². The summed E-state index contributed by atoms with van der Waals surface area (Å²) in [7, 11) is 0. The summed E-state index contributed by atoms with van der Waals surface area (Å²) < 4.78 is 38.9. The quantitative estimate of drug-likeness (QED) is 0.232. The zero-order valence-corrected chi connectivity index (χ0v) is 24.1. The molecule has 4 aromatic carbocycles. The van der Waals surface area contributed by atoms with Crippen LogP contribution in [0.3, 0.4) is 0 Å². The summed E-state index contributed by atoms with van der Waals surface area (Å²) in [6.45, 7) is 2.68. The molecular weight excluding hydrogens is 566 g/mol. The number of ether oxygens (including phenoxy) is 2. The first kappa shape index (κ1) is 30.7. The van der Waals surface area contributed by atoms with E-state index in [1.54, 1.807) is 42.5 Å². The van der Waals surface area contributed by atoms with Crippen LogP contribution in [0.5, 0.6) is 11.5 Å². The summed E-state index contributed by atoms with van der Waals surface area (Å²) in [6, 6.07) is 27.7. The number of hydrogen-bond donors (Lipinski definition) is 2. The predicted molar refractivity (Wildman–Crippen MR) is 165 cm³/mol. The van der Waals surface area contributed by atoms with Gasteiger partial charge in [0.25, 0.3) is 0 Å². The average Bonchev–Trinajstić information content (AvgIpc) is 3.04. The predicted octanol–water partition coefficient (Wildman–Crippen LogP) is 5.22. The molecule has 0 bridgehead atoms. The van der Waals surface area contributed by atoms with Crippen LogP contribution in [-0.2, 0) is 20.9 Å². The van der Waals surface area contributed by atoms with Crippen molar-refractivity contribution in [3.05, 3.63) is 120 Å². The van der Waals surface area contributed by atoms with Crippen LogP contribution in [0.15, 0.2) is 103 Å². The van der Waals surface area contributed by atoms with Crippen LogP contribution in [0.2, 0.25) is 0 Å². The number of hydrogen-bond acceptors (Lipinski definition) is 6. The van der Waals surface area contributed by atoms with E-state index in [1.807, 2.05) is 40.1 Å². The average molecular weight is 601 g/mol. The van der Waals surface area contributed by atoms with Crippen LogP contribution in [0.4, 0.5) is 20.2 Å². The lowest BCUT2D eigenvalue weighted by atomic mass is 10.2. The van der Waals surface area contributed by atoms with E-state index in [4.69, 9.17) is 9.47 Å². The second-order valence-corrected chi connectivity index (χ2v) is 10.4. The van der Waals surface area contributed by atoms with E-state index in [2.05, 4.69) is 10.6 Å². The van der Waals surface area contributed by atoms with E-state index in [0.29, 0.717) is 49.1 Å². The Morgan fingerprint density at radius 1 is 0.773 bits per heavy atom. The molecule has 5 rings (SSSR count). The molecule has 1 saturated heterocycles. The molecule has 10 heteroatoms. The van der Waals surface area contributed by atoms with Gasteiger partial charge in [-0.15, -0.1) is 0 Å². The Morgan fingerprint density at radius 3 is 2.09 bits per heavy atom. The SMILES string of the molecule is O=C(CN1CCN(c2ccccc2F)CC1)NC(COCc1ccccc1)C(=O)Nc1ccc(Oc2ccc(F)cc2)cc1. The number of piperazine rings is 1. The molecule has 2 N–H and O–H groups in total. The molecule has 4 aromatic rings. The van der Waals surface area contributed by atoms with Crippen molar-refractivity contribution in [1.82, 2.24) is 10.2 Å². The molecule has 0 radical (unpaired) electrons. The van der Waals surface area contributed by atoms with Gasteiger partial charge in [-0.3, -0.25) is 14.5 Å². The van der Waals surface area contributed by atoms with Gasteiger partial charge in [0.15, 0.2) is 0 Å².